The lowest BCUT2D eigenvalue weighted by Gasteiger charge is -2.12. The van der Waals surface area contributed by atoms with Gasteiger partial charge in [-0.1, -0.05) is 6.07 Å². The topological polar surface area (TPSA) is 24.9 Å². The van der Waals surface area contributed by atoms with Crippen molar-refractivity contribution in [1.82, 2.24) is 10.3 Å². The summed E-state index contributed by atoms with van der Waals surface area (Å²) in [6, 6.07) is 8.58. The third-order valence-electron chi connectivity index (χ3n) is 2.87. The molecule has 2 rings (SSSR count). The number of rotatable bonds is 4. The highest BCUT2D eigenvalue weighted by Gasteiger charge is 2.07. The van der Waals surface area contributed by atoms with Gasteiger partial charge in [0.25, 0.3) is 0 Å². The van der Waals surface area contributed by atoms with Crippen LogP contribution < -0.4 is 5.32 Å². The van der Waals surface area contributed by atoms with Crippen LogP contribution in [0, 0.1) is 13.8 Å². The highest BCUT2D eigenvalue weighted by molar-refractivity contribution is 7.12. The summed E-state index contributed by atoms with van der Waals surface area (Å²) in [5.74, 6) is 0. The van der Waals surface area contributed by atoms with Gasteiger partial charge in [-0.3, -0.25) is 4.98 Å². The van der Waals surface area contributed by atoms with Crippen molar-refractivity contribution in [2.75, 3.05) is 0 Å². The maximum absolute atomic E-state index is 4.36. The Morgan fingerprint density at radius 1 is 1.35 bits per heavy atom. The van der Waals surface area contributed by atoms with Gasteiger partial charge < -0.3 is 5.32 Å². The summed E-state index contributed by atoms with van der Waals surface area (Å²) in [5, 5.41) is 3.51. The van der Waals surface area contributed by atoms with Crippen molar-refractivity contribution < 1.29 is 0 Å². The second-order valence-electron chi connectivity index (χ2n) is 4.30. The first kappa shape index (κ1) is 12.3. The van der Waals surface area contributed by atoms with Crippen molar-refractivity contribution >= 4 is 11.3 Å². The van der Waals surface area contributed by atoms with Crippen molar-refractivity contribution in [2.24, 2.45) is 0 Å². The maximum Gasteiger partial charge on any atom is 0.0570 e. The molecule has 0 aliphatic rings. The number of hydrogen-bond acceptors (Lipinski definition) is 3. The second kappa shape index (κ2) is 5.43. The quantitative estimate of drug-likeness (QED) is 0.891. The zero-order chi connectivity index (χ0) is 12.3. The summed E-state index contributed by atoms with van der Waals surface area (Å²) in [6.07, 6.45) is 1.84. The molecule has 17 heavy (non-hydrogen) atoms. The Morgan fingerprint density at radius 2 is 2.18 bits per heavy atom. The largest absolute Gasteiger partial charge is 0.305 e. The Bertz CT molecular complexity index is 476. The number of nitrogens with zero attached hydrogens (tertiary/aromatic N) is 1. The van der Waals surface area contributed by atoms with Crippen LogP contribution in [0.4, 0.5) is 0 Å². The predicted octanol–water partition coefficient (Wildman–Crippen LogP) is 3.61. The standard InChI is InChI=1S/C14H18N2S/c1-10-8-13(12(3)17-10)9-16-11(2)14-6-4-5-7-15-14/h4-8,11,16H,9H2,1-3H3/t11-/m1/s1. The van der Waals surface area contributed by atoms with Crippen molar-refractivity contribution in [3.05, 3.63) is 51.5 Å². The number of pyridine rings is 1. The summed E-state index contributed by atoms with van der Waals surface area (Å²) in [7, 11) is 0. The SMILES string of the molecule is Cc1cc(CN[C@H](C)c2ccccn2)c(C)s1. The number of aryl methyl sites for hydroxylation is 2. The van der Waals surface area contributed by atoms with Gasteiger partial charge in [-0.2, -0.15) is 0 Å². The molecule has 1 atom stereocenters. The van der Waals surface area contributed by atoms with Crippen LogP contribution in [-0.2, 0) is 6.54 Å². The van der Waals surface area contributed by atoms with Crippen molar-refractivity contribution in [1.29, 1.82) is 0 Å². The number of thiophene rings is 1. The van der Waals surface area contributed by atoms with Crippen molar-refractivity contribution in [2.45, 2.75) is 33.4 Å². The van der Waals surface area contributed by atoms with Crippen LogP contribution in [0.1, 0.15) is 34.0 Å². The first-order chi connectivity index (χ1) is 8.16. The van der Waals surface area contributed by atoms with E-state index in [-0.39, 0.29) is 6.04 Å². The van der Waals surface area contributed by atoms with Crippen LogP contribution in [0.5, 0.6) is 0 Å². The van der Waals surface area contributed by atoms with E-state index in [9.17, 15) is 0 Å². The molecule has 1 N–H and O–H groups in total. The summed E-state index contributed by atoms with van der Waals surface area (Å²) < 4.78 is 0. The fraction of sp³-hybridized carbons (Fsp3) is 0.357. The predicted molar refractivity (Wildman–Crippen MR) is 73.3 cm³/mol. The molecule has 2 nitrogen and oxygen atoms in total. The number of nitrogens with one attached hydrogen (secondary N) is 1. The molecule has 0 fully saturated rings. The molecule has 0 aliphatic carbocycles. The van der Waals surface area contributed by atoms with Crippen LogP contribution in [-0.4, -0.2) is 4.98 Å². The normalized spacial score (nSPS) is 12.6. The van der Waals surface area contributed by atoms with Crippen LogP contribution in [0.15, 0.2) is 30.5 Å². The minimum atomic E-state index is 0.288. The molecule has 0 bridgehead atoms. The van der Waals surface area contributed by atoms with E-state index in [4.69, 9.17) is 0 Å². The molecule has 90 valence electrons. The van der Waals surface area contributed by atoms with E-state index in [1.165, 1.54) is 15.3 Å². The average molecular weight is 246 g/mol. The summed E-state index contributed by atoms with van der Waals surface area (Å²) in [6.45, 7) is 7.40. The van der Waals surface area contributed by atoms with Gasteiger partial charge in [-0.15, -0.1) is 11.3 Å². The van der Waals surface area contributed by atoms with Crippen molar-refractivity contribution in [3.63, 3.8) is 0 Å². The Balaban J connectivity index is 1.97. The van der Waals surface area contributed by atoms with E-state index in [0.717, 1.165) is 12.2 Å². The summed E-state index contributed by atoms with van der Waals surface area (Å²) in [5.41, 5.74) is 2.49. The van der Waals surface area contributed by atoms with Crippen LogP contribution in [0.2, 0.25) is 0 Å². The smallest absolute Gasteiger partial charge is 0.0570 e. The zero-order valence-electron chi connectivity index (χ0n) is 10.5. The molecule has 0 aromatic carbocycles. The van der Waals surface area contributed by atoms with Gasteiger partial charge in [0.15, 0.2) is 0 Å². The van der Waals surface area contributed by atoms with Crippen LogP contribution in [0.25, 0.3) is 0 Å². The van der Waals surface area contributed by atoms with Crippen LogP contribution >= 0.6 is 11.3 Å². The van der Waals surface area contributed by atoms with E-state index in [0.29, 0.717) is 0 Å². The van der Waals surface area contributed by atoms with Gasteiger partial charge in [0.1, 0.15) is 0 Å². The summed E-state index contributed by atoms with van der Waals surface area (Å²) >= 11 is 1.86. The third kappa shape index (κ3) is 3.14. The summed E-state index contributed by atoms with van der Waals surface area (Å²) in [4.78, 5) is 7.14. The molecule has 0 amide bonds. The molecule has 0 saturated carbocycles. The molecule has 2 heterocycles. The van der Waals surface area contributed by atoms with E-state index in [1.807, 2.05) is 29.7 Å². The number of hydrogen-bond donors (Lipinski definition) is 1. The van der Waals surface area contributed by atoms with E-state index < -0.39 is 0 Å². The maximum atomic E-state index is 4.36. The molecule has 0 spiro atoms. The van der Waals surface area contributed by atoms with Gasteiger partial charge in [-0.25, -0.2) is 0 Å². The fourth-order valence-corrected chi connectivity index (χ4v) is 2.81. The highest BCUT2D eigenvalue weighted by Crippen LogP contribution is 2.21. The second-order valence-corrected chi connectivity index (χ2v) is 5.76. The molecule has 2 aromatic rings. The molecule has 2 aromatic heterocycles. The third-order valence-corrected chi connectivity index (χ3v) is 3.88. The van der Waals surface area contributed by atoms with E-state index in [1.54, 1.807) is 0 Å². The van der Waals surface area contributed by atoms with Gasteiger partial charge in [-0.05, 0) is 44.5 Å². The molecular weight excluding hydrogens is 228 g/mol. The van der Waals surface area contributed by atoms with Gasteiger partial charge in [0, 0.05) is 28.5 Å². The van der Waals surface area contributed by atoms with Gasteiger partial charge in [0.05, 0.1) is 5.69 Å². The first-order valence-electron chi connectivity index (χ1n) is 5.87. The lowest BCUT2D eigenvalue weighted by Crippen LogP contribution is -2.19. The Morgan fingerprint density at radius 3 is 2.76 bits per heavy atom. The highest BCUT2D eigenvalue weighted by atomic mass is 32.1. The minimum Gasteiger partial charge on any atom is -0.305 e. The molecule has 3 heteroatoms. The fourth-order valence-electron chi connectivity index (χ4n) is 1.86. The average Bonchev–Trinajstić information content (AvgIpc) is 2.66. The molecular formula is C14H18N2S. The lowest BCUT2D eigenvalue weighted by molar-refractivity contribution is 0.561. The number of aromatic nitrogens is 1. The van der Waals surface area contributed by atoms with E-state index in [2.05, 4.69) is 43.2 Å². The molecule has 0 unspecified atom stereocenters. The lowest BCUT2D eigenvalue weighted by atomic mass is 10.2. The van der Waals surface area contributed by atoms with Crippen molar-refractivity contribution in [3.8, 4) is 0 Å². The molecule has 0 saturated heterocycles. The monoisotopic (exact) mass is 246 g/mol. The zero-order valence-corrected chi connectivity index (χ0v) is 11.3. The molecule has 0 radical (unpaired) electrons. The molecule has 0 aliphatic heterocycles. The Hall–Kier alpha value is -1.19. The minimum absolute atomic E-state index is 0.288. The Labute approximate surface area is 107 Å². The van der Waals surface area contributed by atoms with Crippen LogP contribution in [0.3, 0.4) is 0 Å². The van der Waals surface area contributed by atoms with E-state index >= 15 is 0 Å². The van der Waals surface area contributed by atoms with Gasteiger partial charge >= 0.3 is 0 Å². The van der Waals surface area contributed by atoms with Gasteiger partial charge in [0.2, 0.25) is 0 Å². The first-order valence-corrected chi connectivity index (χ1v) is 6.68. The Kier molecular flexibility index (Phi) is 3.92.